The largest absolute Gasteiger partial charge is 0.473 e. The minimum atomic E-state index is -0.631. The van der Waals surface area contributed by atoms with Crippen LogP contribution < -0.4 is 15.0 Å². The number of pyridine rings is 1. The number of hydrogen-bond donors (Lipinski definition) is 1. The van der Waals surface area contributed by atoms with Crippen LogP contribution in [0, 0.1) is 5.82 Å². The van der Waals surface area contributed by atoms with Crippen molar-refractivity contribution in [2.75, 3.05) is 43.7 Å². The number of morpholine rings is 1. The van der Waals surface area contributed by atoms with E-state index in [-0.39, 0.29) is 16.9 Å². The first-order valence-corrected chi connectivity index (χ1v) is 11.4. The molecule has 2 atom stereocenters. The summed E-state index contributed by atoms with van der Waals surface area (Å²) in [5.74, 6) is -0.0657. The van der Waals surface area contributed by atoms with Gasteiger partial charge in [0.25, 0.3) is 5.88 Å². The Morgan fingerprint density at radius 2 is 2.18 bits per heavy atom. The number of halogens is 2. The van der Waals surface area contributed by atoms with Crippen molar-refractivity contribution in [2.45, 2.75) is 25.4 Å². The van der Waals surface area contributed by atoms with Gasteiger partial charge >= 0.3 is 5.97 Å². The van der Waals surface area contributed by atoms with Crippen LogP contribution in [0.25, 0.3) is 11.0 Å². The molecule has 34 heavy (non-hydrogen) atoms. The summed E-state index contributed by atoms with van der Waals surface area (Å²) in [5.41, 5.74) is 2.01. The second kappa shape index (κ2) is 9.19. The van der Waals surface area contributed by atoms with E-state index in [1.54, 1.807) is 12.1 Å². The molecule has 1 fully saturated rings. The van der Waals surface area contributed by atoms with E-state index in [2.05, 4.69) is 20.2 Å². The van der Waals surface area contributed by atoms with Crippen molar-refractivity contribution in [1.82, 2.24) is 15.0 Å². The highest BCUT2D eigenvalue weighted by molar-refractivity contribution is 6.29. The van der Waals surface area contributed by atoms with Gasteiger partial charge in [0.1, 0.15) is 17.6 Å². The predicted octanol–water partition coefficient (Wildman–Crippen LogP) is 3.76. The summed E-state index contributed by atoms with van der Waals surface area (Å²) in [5, 5.41) is 3.45. The van der Waals surface area contributed by atoms with Crippen LogP contribution in [-0.2, 0) is 9.47 Å². The van der Waals surface area contributed by atoms with Crippen molar-refractivity contribution in [1.29, 1.82) is 0 Å². The van der Waals surface area contributed by atoms with Crippen molar-refractivity contribution in [3.63, 3.8) is 0 Å². The second-order valence-corrected chi connectivity index (χ2v) is 8.46. The van der Waals surface area contributed by atoms with Crippen LogP contribution in [0.4, 0.5) is 15.9 Å². The molecule has 2 aromatic heterocycles. The number of nitrogens with one attached hydrogen (secondary N) is 1. The van der Waals surface area contributed by atoms with E-state index in [4.69, 9.17) is 30.8 Å². The number of ether oxygens (including phenoxy) is 3. The lowest BCUT2D eigenvalue weighted by Crippen LogP contribution is -2.51. The van der Waals surface area contributed by atoms with E-state index in [0.717, 1.165) is 0 Å². The van der Waals surface area contributed by atoms with E-state index in [0.29, 0.717) is 66.8 Å². The Labute approximate surface area is 200 Å². The van der Waals surface area contributed by atoms with Gasteiger partial charge in [0.15, 0.2) is 11.5 Å². The van der Waals surface area contributed by atoms with Crippen LogP contribution in [0.5, 0.6) is 5.88 Å². The smallest absolute Gasteiger partial charge is 0.358 e. The first-order valence-electron chi connectivity index (χ1n) is 11.0. The Balaban J connectivity index is 1.59. The first-order chi connectivity index (χ1) is 16.5. The number of carbonyl (C=O) groups is 1. The maximum Gasteiger partial charge on any atom is 0.358 e. The number of aromatic nitrogens is 3. The van der Waals surface area contributed by atoms with Gasteiger partial charge in [0.05, 0.1) is 49.1 Å². The number of rotatable bonds is 5. The summed E-state index contributed by atoms with van der Waals surface area (Å²) >= 11 is 5.99. The third-order valence-electron chi connectivity index (χ3n) is 5.98. The summed E-state index contributed by atoms with van der Waals surface area (Å²) in [6, 6.07) is 5.65. The van der Waals surface area contributed by atoms with E-state index >= 15 is 0 Å². The fourth-order valence-electron chi connectivity index (χ4n) is 4.31. The molecule has 0 radical (unpaired) electrons. The quantitative estimate of drug-likeness (QED) is 0.426. The Morgan fingerprint density at radius 1 is 1.32 bits per heavy atom. The zero-order valence-corrected chi connectivity index (χ0v) is 19.4. The van der Waals surface area contributed by atoms with Gasteiger partial charge in [-0.1, -0.05) is 18.5 Å². The summed E-state index contributed by atoms with van der Waals surface area (Å²) in [4.78, 5) is 28.0. The van der Waals surface area contributed by atoms with Crippen molar-refractivity contribution in [2.24, 2.45) is 0 Å². The number of methoxy groups -OCH3 is 1. The van der Waals surface area contributed by atoms with E-state index in [9.17, 15) is 9.18 Å². The second-order valence-electron chi connectivity index (χ2n) is 8.08. The molecule has 1 aromatic carbocycles. The molecule has 178 valence electrons. The number of nitrogens with zero attached hydrogens (tertiary/aromatic N) is 4. The molecule has 4 heterocycles. The number of benzene rings is 1. The molecule has 11 heteroatoms. The average molecular weight is 488 g/mol. The topological polar surface area (TPSA) is 98.7 Å². The highest BCUT2D eigenvalue weighted by Crippen LogP contribution is 2.37. The van der Waals surface area contributed by atoms with Crippen LogP contribution in [0.2, 0.25) is 5.15 Å². The lowest BCUT2D eigenvalue weighted by Gasteiger charge is -2.39. The van der Waals surface area contributed by atoms with Crippen molar-refractivity contribution in [3.05, 3.63) is 46.5 Å². The Kier molecular flexibility index (Phi) is 6.09. The van der Waals surface area contributed by atoms with Gasteiger partial charge in [-0.25, -0.2) is 24.1 Å². The fourth-order valence-corrected chi connectivity index (χ4v) is 4.46. The molecule has 2 aliphatic heterocycles. The van der Waals surface area contributed by atoms with Gasteiger partial charge < -0.3 is 24.4 Å². The SMILES string of the molecule is CC[C@@H](Nc1ccc(Cl)nc1C(=O)OC)c1cc(F)cc2nc3c(nc12)N1CCOC[C@H]1CO3. The Hall–Kier alpha value is -3.24. The van der Waals surface area contributed by atoms with Gasteiger partial charge in [0, 0.05) is 18.2 Å². The summed E-state index contributed by atoms with van der Waals surface area (Å²) in [6.07, 6.45) is 0.567. The maximum atomic E-state index is 14.7. The lowest BCUT2D eigenvalue weighted by molar-refractivity contribution is 0.0595. The van der Waals surface area contributed by atoms with Crippen molar-refractivity contribution >= 4 is 40.1 Å². The molecule has 0 amide bonds. The van der Waals surface area contributed by atoms with Gasteiger partial charge in [-0.3, -0.25) is 0 Å². The maximum absolute atomic E-state index is 14.7. The molecule has 1 N–H and O–H groups in total. The third kappa shape index (κ3) is 4.07. The highest BCUT2D eigenvalue weighted by Gasteiger charge is 2.33. The lowest BCUT2D eigenvalue weighted by atomic mass is 10.0. The van der Waals surface area contributed by atoms with Gasteiger partial charge in [-0.05, 0) is 24.6 Å². The molecule has 1 saturated heterocycles. The number of hydrogen-bond acceptors (Lipinski definition) is 9. The highest BCUT2D eigenvalue weighted by atomic mass is 35.5. The molecule has 3 aromatic rings. The van der Waals surface area contributed by atoms with E-state index in [1.807, 2.05) is 6.92 Å². The number of carbonyl (C=O) groups excluding carboxylic acids is 1. The summed E-state index contributed by atoms with van der Waals surface area (Å²) in [6.45, 7) is 4.20. The number of fused-ring (bicyclic) bond motifs is 4. The van der Waals surface area contributed by atoms with Crippen LogP contribution in [0.15, 0.2) is 24.3 Å². The van der Waals surface area contributed by atoms with Crippen LogP contribution in [0.1, 0.15) is 35.4 Å². The molecule has 0 unspecified atom stereocenters. The van der Waals surface area contributed by atoms with E-state index in [1.165, 1.54) is 19.2 Å². The molecule has 0 bridgehead atoms. The average Bonchev–Trinajstić information content (AvgIpc) is 2.85. The molecular formula is C23H23ClFN5O4. The first kappa shape index (κ1) is 22.5. The standard InChI is InChI=1S/C23H23ClFN5O4/c1-3-15(26-16-4-5-18(24)28-20(16)23(31)32-2)14-8-12(25)9-17-19(14)29-21-22(27-17)34-11-13-10-33-7-6-30(13)21/h4-5,8-9,13,15,26H,3,6-7,10-11H2,1-2H3/t13-,15+/m0/s1. The zero-order chi connectivity index (χ0) is 23.8. The summed E-state index contributed by atoms with van der Waals surface area (Å²) < 4.78 is 30.9. The minimum Gasteiger partial charge on any atom is -0.473 e. The molecule has 2 aliphatic rings. The molecule has 0 spiro atoms. The molecule has 0 aliphatic carbocycles. The normalized spacial score (nSPS) is 18.0. The predicted molar refractivity (Wildman–Crippen MR) is 124 cm³/mol. The minimum absolute atomic E-state index is 0.0437. The van der Waals surface area contributed by atoms with Crippen molar-refractivity contribution in [3.8, 4) is 5.88 Å². The third-order valence-corrected chi connectivity index (χ3v) is 6.19. The van der Waals surface area contributed by atoms with Crippen LogP contribution in [-0.4, -0.2) is 60.4 Å². The summed E-state index contributed by atoms with van der Waals surface area (Å²) in [7, 11) is 1.27. The molecule has 5 rings (SSSR count). The fraction of sp³-hybridized carbons (Fsp3) is 0.391. The monoisotopic (exact) mass is 487 g/mol. The van der Waals surface area contributed by atoms with Crippen molar-refractivity contribution < 1.29 is 23.4 Å². The van der Waals surface area contributed by atoms with Crippen LogP contribution >= 0.6 is 11.6 Å². The zero-order valence-electron chi connectivity index (χ0n) is 18.7. The van der Waals surface area contributed by atoms with E-state index < -0.39 is 17.8 Å². The Morgan fingerprint density at radius 3 is 2.97 bits per heavy atom. The van der Waals surface area contributed by atoms with Gasteiger partial charge in [0.2, 0.25) is 0 Å². The number of esters is 1. The van der Waals surface area contributed by atoms with Crippen LogP contribution in [0.3, 0.4) is 0 Å². The molecule has 0 saturated carbocycles. The number of anilines is 2. The van der Waals surface area contributed by atoms with Gasteiger partial charge in [-0.2, -0.15) is 0 Å². The van der Waals surface area contributed by atoms with Gasteiger partial charge in [-0.15, -0.1) is 0 Å². The Bertz CT molecular complexity index is 1260. The molecule has 9 nitrogen and oxygen atoms in total. The molecular weight excluding hydrogens is 465 g/mol.